The van der Waals surface area contributed by atoms with E-state index in [0.717, 1.165) is 24.2 Å². The number of nitrogens with zero attached hydrogens (tertiary/aromatic N) is 2. The smallest absolute Gasteiger partial charge is 0.335 e. The van der Waals surface area contributed by atoms with Crippen LogP contribution in [0.15, 0.2) is 18.6 Å². The topological polar surface area (TPSA) is 151 Å². The number of rotatable bonds is 8. The van der Waals surface area contributed by atoms with Crippen LogP contribution in [-0.2, 0) is 14.5 Å². The first kappa shape index (κ1) is 25.0. The molecule has 182 valence electrons. The number of hydrogen-bond acceptors (Lipinski definition) is 10. The number of aliphatic hydroxyl groups excluding tert-OH is 2. The summed E-state index contributed by atoms with van der Waals surface area (Å²) in [6.45, 7) is 0. The number of carbonyl (C=O) groups is 1. The maximum absolute atomic E-state index is 13.2. The standard InChI is InChI=1S/C21H23ClN4O6S2/c1-23-34(30,31)32-17-7-12(6-16(17)28)26-21-14(9-24-10-25-21)19(29)18-8-13(20(22)33-18)15(27)5-4-11-2-3-11/h8-12,15-17,23,27-28H,2-3,6-7H2,1H3,(H,24,25,26)/t12-,15+,16+,17-/m1/s1. The third-order valence-electron chi connectivity index (χ3n) is 5.50. The average Bonchev–Trinajstić information content (AvgIpc) is 3.47. The molecule has 13 heteroatoms. The highest BCUT2D eigenvalue weighted by molar-refractivity contribution is 7.84. The van der Waals surface area contributed by atoms with E-state index >= 15 is 0 Å². The summed E-state index contributed by atoms with van der Waals surface area (Å²) in [5, 5.41) is 23.6. The minimum atomic E-state index is -3.96. The number of aromatic nitrogens is 2. The van der Waals surface area contributed by atoms with Gasteiger partial charge in [-0.05, 0) is 31.7 Å². The van der Waals surface area contributed by atoms with Gasteiger partial charge in [-0.25, -0.2) is 9.97 Å². The second-order valence-electron chi connectivity index (χ2n) is 8.09. The quantitative estimate of drug-likeness (QED) is 0.297. The van der Waals surface area contributed by atoms with Gasteiger partial charge in [0.25, 0.3) is 0 Å². The van der Waals surface area contributed by atoms with E-state index in [2.05, 4.69) is 27.1 Å². The third kappa shape index (κ3) is 5.92. The Morgan fingerprint density at radius 3 is 2.85 bits per heavy atom. The van der Waals surface area contributed by atoms with E-state index in [1.165, 1.54) is 25.6 Å². The fraction of sp³-hybridized carbons (Fsp3) is 0.476. The number of hydrogen-bond donors (Lipinski definition) is 4. The largest absolute Gasteiger partial charge is 0.390 e. The van der Waals surface area contributed by atoms with Crippen molar-refractivity contribution in [3.05, 3.63) is 38.9 Å². The molecule has 2 aliphatic carbocycles. The zero-order valence-corrected chi connectivity index (χ0v) is 20.5. The van der Waals surface area contributed by atoms with Gasteiger partial charge in [-0.2, -0.15) is 13.1 Å². The highest BCUT2D eigenvalue weighted by Gasteiger charge is 2.37. The lowest BCUT2D eigenvalue weighted by Crippen LogP contribution is -2.31. The highest BCUT2D eigenvalue weighted by atomic mass is 35.5. The van der Waals surface area contributed by atoms with Crippen LogP contribution in [-0.4, -0.2) is 59.7 Å². The molecule has 0 unspecified atom stereocenters. The molecule has 0 aromatic carbocycles. The van der Waals surface area contributed by atoms with Gasteiger partial charge in [0, 0.05) is 30.8 Å². The zero-order chi connectivity index (χ0) is 24.5. The van der Waals surface area contributed by atoms with Crippen molar-refractivity contribution >= 4 is 44.8 Å². The van der Waals surface area contributed by atoms with Gasteiger partial charge in [0.1, 0.15) is 28.7 Å². The summed E-state index contributed by atoms with van der Waals surface area (Å²) in [6.07, 6.45) is 2.03. The molecular weight excluding hydrogens is 504 g/mol. The Balaban J connectivity index is 1.49. The third-order valence-corrected chi connectivity index (χ3v) is 7.89. The predicted molar refractivity (Wildman–Crippen MR) is 126 cm³/mol. The summed E-state index contributed by atoms with van der Waals surface area (Å²) >= 11 is 7.30. The molecule has 0 radical (unpaired) electrons. The number of aliphatic hydroxyl groups is 2. The van der Waals surface area contributed by atoms with Crippen LogP contribution in [0, 0.1) is 17.8 Å². The van der Waals surface area contributed by atoms with E-state index < -0.39 is 40.4 Å². The van der Waals surface area contributed by atoms with Crippen LogP contribution in [0.4, 0.5) is 5.82 Å². The van der Waals surface area contributed by atoms with Gasteiger partial charge in [-0.15, -0.1) is 11.3 Å². The van der Waals surface area contributed by atoms with Crippen molar-refractivity contribution in [2.24, 2.45) is 5.92 Å². The Hall–Kier alpha value is -2.11. The molecule has 4 rings (SSSR count). The minimum Gasteiger partial charge on any atom is -0.390 e. The number of carbonyl (C=O) groups excluding carboxylic acids is 1. The van der Waals surface area contributed by atoms with Crippen molar-refractivity contribution in [1.29, 1.82) is 0 Å². The summed E-state index contributed by atoms with van der Waals surface area (Å²) in [4.78, 5) is 21.6. The van der Waals surface area contributed by atoms with Crippen molar-refractivity contribution in [3.8, 4) is 11.8 Å². The molecule has 2 aliphatic rings. The fourth-order valence-electron chi connectivity index (χ4n) is 3.53. The number of halogens is 1. The molecule has 2 fully saturated rings. The summed E-state index contributed by atoms with van der Waals surface area (Å²) in [7, 11) is -2.75. The molecular formula is C21H23ClN4O6S2. The normalized spacial score (nSPS) is 23.2. The van der Waals surface area contributed by atoms with E-state index in [1.54, 1.807) is 0 Å². The molecule has 0 saturated heterocycles. The van der Waals surface area contributed by atoms with E-state index in [4.69, 9.17) is 15.8 Å². The Morgan fingerprint density at radius 2 is 2.15 bits per heavy atom. The zero-order valence-electron chi connectivity index (χ0n) is 18.1. The summed E-state index contributed by atoms with van der Waals surface area (Å²) in [5.41, 5.74) is 0.548. The first-order valence-electron chi connectivity index (χ1n) is 10.6. The fourth-order valence-corrected chi connectivity index (χ4v) is 5.44. The van der Waals surface area contributed by atoms with Gasteiger partial charge in [0.2, 0.25) is 5.78 Å². The van der Waals surface area contributed by atoms with Gasteiger partial charge in [-0.1, -0.05) is 23.4 Å². The Labute approximate surface area is 206 Å². The number of thiophene rings is 1. The van der Waals surface area contributed by atoms with Crippen LogP contribution in [0.3, 0.4) is 0 Å². The Kier molecular flexibility index (Phi) is 7.54. The molecule has 2 aromatic heterocycles. The summed E-state index contributed by atoms with van der Waals surface area (Å²) < 4.78 is 30.6. The molecule has 2 heterocycles. The first-order valence-corrected chi connectivity index (χ1v) is 13.2. The van der Waals surface area contributed by atoms with Crippen LogP contribution in [0.2, 0.25) is 4.34 Å². The van der Waals surface area contributed by atoms with E-state index in [-0.39, 0.29) is 33.4 Å². The molecule has 10 nitrogen and oxygen atoms in total. The van der Waals surface area contributed by atoms with E-state index in [0.29, 0.717) is 11.5 Å². The highest BCUT2D eigenvalue weighted by Crippen LogP contribution is 2.35. The molecule has 0 bridgehead atoms. The summed E-state index contributed by atoms with van der Waals surface area (Å²) in [5.74, 6) is 5.92. The number of ketones is 1. The van der Waals surface area contributed by atoms with Crippen molar-refractivity contribution in [2.45, 2.75) is 50.0 Å². The van der Waals surface area contributed by atoms with Crippen LogP contribution in [0.25, 0.3) is 0 Å². The van der Waals surface area contributed by atoms with Crippen molar-refractivity contribution < 1.29 is 27.6 Å². The minimum absolute atomic E-state index is 0.173. The van der Waals surface area contributed by atoms with E-state index in [9.17, 15) is 23.4 Å². The van der Waals surface area contributed by atoms with Crippen LogP contribution in [0.1, 0.15) is 52.6 Å². The van der Waals surface area contributed by atoms with Crippen LogP contribution in [0.5, 0.6) is 0 Å². The van der Waals surface area contributed by atoms with Gasteiger partial charge < -0.3 is 15.5 Å². The van der Waals surface area contributed by atoms with Crippen LogP contribution >= 0.6 is 22.9 Å². The van der Waals surface area contributed by atoms with Gasteiger partial charge in [0.15, 0.2) is 0 Å². The number of nitrogens with one attached hydrogen (secondary N) is 2. The lowest BCUT2D eigenvalue weighted by atomic mass is 10.1. The molecule has 0 spiro atoms. The lowest BCUT2D eigenvalue weighted by Gasteiger charge is -2.15. The maximum atomic E-state index is 13.2. The van der Waals surface area contributed by atoms with E-state index in [1.807, 2.05) is 4.72 Å². The predicted octanol–water partition coefficient (Wildman–Crippen LogP) is 1.65. The number of anilines is 1. The van der Waals surface area contributed by atoms with Crippen molar-refractivity contribution in [1.82, 2.24) is 14.7 Å². The molecule has 2 saturated carbocycles. The molecule has 4 N–H and O–H groups in total. The van der Waals surface area contributed by atoms with Gasteiger partial charge in [0.05, 0.1) is 16.5 Å². The SMILES string of the molecule is CNS(=O)(=O)O[C@@H]1C[C@H](Nc2ncncc2C(=O)c2cc([C@@H](O)C#CC3CC3)c(Cl)s2)C[C@@H]1O. The maximum Gasteiger partial charge on any atom is 0.335 e. The van der Waals surface area contributed by atoms with Gasteiger partial charge >= 0.3 is 10.3 Å². The Morgan fingerprint density at radius 1 is 1.38 bits per heavy atom. The molecule has 0 aliphatic heterocycles. The molecule has 4 atom stereocenters. The second kappa shape index (κ2) is 10.2. The summed E-state index contributed by atoms with van der Waals surface area (Å²) in [6, 6.07) is 1.12. The first-order chi connectivity index (χ1) is 16.2. The Bertz CT molecular complexity index is 1240. The average molecular weight is 527 g/mol. The molecule has 0 amide bonds. The molecule has 34 heavy (non-hydrogen) atoms. The monoisotopic (exact) mass is 526 g/mol. The molecule has 2 aromatic rings. The lowest BCUT2D eigenvalue weighted by molar-refractivity contribution is 0.0636. The van der Waals surface area contributed by atoms with Crippen molar-refractivity contribution in [2.75, 3.05) is 12.4 Å². The van der Waals surface area contributed by atoms with Crippen molar-refractivity contribution in [3.63, 3.8) is 0 Å². The van der Waals surface area contributed by atoms with Crippen LogP contribution < -0.4 is 10.0 Å². The van der Waals surface area contributed by atoms with Gasteiger partial charge in [-0.3, -0.25) is 8.98 Å². The second-order valence-corrected chi connectivity index (χ2v) is 11.3.